The minimum atomic E-state index is 0.734. The van der Waals surface area contributed by atoms with E-state index in [9.17, 15) is 0 Å². The van der Waals surface area contributed by atoms with E-state index in [2.05, 4.69) is 10.3 Å². The van der Waals surface area contributed by atoms with E-state index in [-0.39, 0.29) is 0 Å². The normalized spacial score (nSPS) is 10.0. The standard InChI is InChI=1S/C12H11ClN2/c1-9-6-7-14-12(8-9)15-11-4-2-10(13)3-5-11/h2-8H,1H3,(H,14,15). The lowest BCUT2D eigenvalue weighted by atomic mass is 10.3. The molecule has 0 aliphatic rings. The fourth-order valence-electron chi connectivity index (χ4n) is 1.29. The molecule has 3 heteroatoms. The Balaban J connectivity index is 2.18. The fraction of sp³-hybridized carbons (Fsp3) is 0.0833. The molecule has 0 saturated carbocycles. The molecule has 0 amide bonds. The Kier molecular flexibility index (Phi) is 2.88. The Morgan fingerprint density at radius 1 is 1.13 bits per heavy atom. The molecule has 1 N–H and O–H groups in total. The minimum Gasteiger partial charge on any atom is -0.340 e. The van der Waals surface area contributed by atoms with Gasteiger partial charge in [-0.05, 0) is 48.9 Å². The number of pyridine rings is 1. The molecule has 0 unspecified atom stereocenters. The van der Waals surface area contributed by atoms with Crippen LogP contribution in [0.1, 0.15) is 5.56 Å². The Morgan fingerprint density at radius 3 is 2.53 bits per heavy atom. The zero-order valence-corrected chi connectivity index (χ0v) is 9.12. The third-order valence-electron chi connectivity index (χ3n) is 2.03. The summed E-state index contributed by atoms with van der Waals surface area (Å²) in [6, 6.07) is 11.5. The quantitative estimate of drug-likeness (QED) is 0.830. The van der Waals surface area contributed by atoms with Gasteiger partial charge in [0.25, 0.3) is 0 Å². The predicted molar refractivity (Wildman–Crippen MR) is 63.7 cm³/mol. The summed E-state index contributed by atoms with van der Waals surface area (Å²) in [5.74, 6) is 0.845. The van der Waals surface area contributed by atoms with Gasteiger partial charge in [-0.25, -0.2) is 4.98 Å². The molecule has 0 atom stereocenters. The van der Waals surface area contributed by atoms with Crippen LogP contribution < -0.4 is 5.32 Å². The summed E-state index contributed by atoms with van der Waals surface area (Å²) in [5.41, 5.74) is 2.17. The highest BCUT2D eigenvalue weighted by Crippen LogP contribution is 2.17. The predicted octanol–water partition coefficient (Wildman–Crippen LogP) is 3.79. The van der Waals surface area contributed by atoms with Crippen molar-refractivity contribution >= 4 is 23.1 Å². The average Bonchev–Trinajstić information content (AvgIpc) is 2.22. The van der Waals surface area contributed by atoms with Crippen molar-refractivity contribution in [2.75, 3.05) is 5.32 Å². The second-order valence-corrected chi connectivity index (χ2v) is 3.79. The molecule has 0 bridgehead atoms. The van der Waals surface area contributed by atoms with Gasteiger partial charge in [-0.15, -0.1) is 0 Å². The second kappa shape index (κ2) is 4.32. The zero-order valence-electron chi connectivity index (χ0n) is 8.37. The van der Waals surface area contributed by atoms with E-state index >= 15 is 0 Å². The van der Waals surface area contributed by atoms with Crippen LogP contribution in [0.2, 0.25) is 5.02 Å². The van der Waals surface area contributed by atoms with Gasteiger partial charge in [-0.1, -0.05) is 11.6 Å². The number of nitrogens with one attached hydrogen (secondary N) is 1. The van der Waals surface area contributed by atoms with Crippen LogP contribution in [0.15, 0.2) is 42.6 Å². The maximum absolute atomic E-state index is 5.80. The molecule has 0 fully saturated rings. The Hall–Kier alpha value is -1.54. The Labute approximate surface area is 93.9 Å². The number of benzene rings is 1. The van der Waals surface area contributed by atoms with Crippen molar-refractivity contribution in [3.05, 3.63) is 53.2 Å². The number of aryl methyl sites for hydroxylation is 1. The molecule has 0 saturated heterocycles. The summed E-state index contributed by atoms with van der Waals surface area (Å²) in [6.07, 6.45) is 1.79. The van der Waals surface area contributed by atoms with Crippen LogP contribution >= 0.6 is 11.6 Å². The van der Waals surface area contributed by atoms with Crippen molar-refractivity contribution in [1.82, 2.24) is 4.98 Å². The van der Waals surface area contributed by atoms with Gasteiger partial charge in [0.15, 0.2) is 0 Å². The van der Waals surface area contributed by atoms with Crippen molar-refractivity contribution in [2.45, 2.75) is 6.92 Å². The van der Waals surface area contributed by atoms with Gasteiger partial charge in [0, 0.05) is 16.9 Å². The third-order valence-corrected chi connectivity index (χ3v) is 2.28. The van der Waals surface area contributed by atoms with E-state index in [1.807, 2.05) is 43.3 Å². The first-order valence-electron chi connectivity index (χ1n) is 4.69. The highest BCUT2D eigenvalue weighted by Gasteiger charge is 1.95. The fourth-order valence-corrected chi connectivity index (χ4v) is 1.41. The van der Waals surface area contributed by atoms with Gasteiger partial charge in [0.1, 0.15) is 5.82 Å². The van der Waals surface area contributed by atoms with E-state index < -0.39 is 0 Å². The molecule has 1 aromatic carbocycles. The van der Waals surface area contributed by atoms with Gasteiger partial charge < -0.3 is 5.32 Å². The number of hydrogen-bond acceptors (Lipinski definition) is 2. The summed E-state index contributed by atoms with van der Waals surface area (Å²) in [5, 5.41) is 3.94. The smallest absolute Gasteiger partial charge is 0.130 e. The molecule has 0 aliphatic heterocycles. The lowest BCUT2D eigenvalue weighted by molar-refractivity contribution is 1.27. The number of anilines is 2. The second-order valence-electron chi connectivity index (χ2n) is 3.35. The molecule has 2 rings (SSSR count). The van der Waals surface area contributed by atoms with Crippen LogP contribution in [0.4, 0.5) is 11.5 Å². The summed E-state index contributed by atoms with van der Waals surface area (Å²) in [7, 11) is 0. The molecule has 2 nitrogen and oxygen atoms in total. The Morgan fingerprint density at radius 2 is 1.87 bits per heavy atom. The number of aromatic nitrogens is 1. The highest BCUT2D eigenvalue weighted by atomic mass is 35.5. The molecule has 76 valence electrons. The van der Waals surface area contributed by atoms with E-state index in [1.165, 1.54) is 5.56 Å². The number of hydrogen-bond donors (Lipinski definition) is 1. The monoisotopic (exact) mass is 218 g/mol. The van der Waals surface area contributed by atoms with Gasteiger partial charge in [-0.2, -0.15) is 0 Å². The van der Waals surface area contributed by atoms with Gasteiger partial charge in [0.2, 0.25) is 0 Å². The summed E-state index contributed by atoms with van der Waals surface area (Å²) in [6.45, 7) is 2.04. The van der Waals surface area contributed by atoms with Crippen LogP contribution in [-0.4, -0.2) is 4.98 Å². The lowest BCUT2D eigenvalue weighted by Gasteiger charge is -2.05. The topological polar surface area (TPSA) is 24.9 Å². The van der Waals surface area contributed by atoms with Crippen molar-refractivity contribution in [3.8, 4) is 0 Å². The van der Waals surface area contributed by atoms with Crippen LogP contribution in [-0.2, 0) is 0 Å². The first-order valence-corrected chi connectivity index (χ1v) is 5.07. The van der Waals surface area contributed by atoms with Gasteiger partial charge in [0.05, 0.1) is 0 Å². The summed E-state index contributed by atoms with van der Waals surface area (Å²) in [4.78, 5) is 4.21. The maximum atomic E-state index is 5.80. The highest BCUT2D eigenvalue weighted by molar-refractivity contribution is 6.30. The van der Waals surface area contributed by atoms with Crippen molar-refractivity contribution < 1.29 is 0 Å². The molecule has 0 aliphatic carbocycles. The van der Waals surface area contributed by atoms with Crippen molar-refractivity contribution in [3.63, 3.8) is 0 Å². The van der Waals surface area contributed by atoms with E-state index in [0.29, 0.717) is 0 Å². The molecular formula is C12H11ClN2. The van der Waals surface area contributed by atoms with E-state index in [4.69, 9.17) is 11.6 Å². The molecule has 1 heterocycles. The minimum absolute atomic E-state index is 0.734. The zero-order chi connectivity index (χ0) is 10.7. The molecule has 0 radical (unpaired) electrons. The first kappa shape index (κ1) is 9.99. The SMILES string of the molecule is Cc1ccnc(Nc2ccc(Cl)cc2)c1. The van der Waals surface area contributed by atoms with E-state index in [0.717, 1.165) is 16.5 Å². The largest absolute Gasteiger partial charge is 0.340 e. The summed E-state index contributed by atoms with van der Waals surface area (Å²) >= 11 is 5.80. The molecule has 2 aromatic rings. The number of nitrogens with zero attached hydrogens (tertiary/aromatic N) is 1. The molecule has 0 spiro atoms. The van der Waals surface area contributed by atoms with Crippen molar-refractivity contribution in [1.29, 1.82) is 0 Å². The van der Waals surface area contributed by atoms with Crippen molar-refractivity contribution in [2.24, 2.45) is 0 Å². The van der Waals surface area contributed by atoms with Gasteiger partial charge in [-0.3, -0.25) is 0 Å². The van der Waals surface area contributed by atoms with E-state index in [1.54, 1.807) is 6.20 Å². The van der Waals surface area contributed by atoms with Crippen LogP contribution in [0.5, 0.6) is 0 Å². The van der Waals surface area contributed by atoms with Crippen LogP contribution in [0.25, 0.3) is 0 Å². The molecule has 15 heavy (non-hydrogen) atoms. The maximum Gasteiger partial charge on any atom is 0.130 e. The Bertz CT molecular complexity index is 451. The third kappa shape index (κ3) is 2.70. The number of rotatable bonds is 2. The molecule has 1 aromatic heterocycles. The molecular weight excluding hydrogens is 208 g/mol. The van der Waals surface area contributed by atoms with Crippen LogP contribution in [0, 0.1) is 6.92 Å². The average molecular weight is 219 g/mol. The number of halogens is 1. The van der Waals surface area contributed by atoms with Crippen LogP contribution in [0.3, 0.4) is 0 Å². The summed E-state index contributed by atoms with van der Waals surface area (Å²) < 4.78 is 0. The lowest BCUT2D eigenvalue weighted by Crippen LogP contribution is -1.92. The van der Waals surface area contributed by atoms with Gasteiger partial charge >= 0.3 is 0 Å². The first-order chi connectivity index (χ1) is 7.24.